The molecule has 0 amide bonds. The molecule has 2 aromatic carbocycles. The number of nitrogens with two attached hydrogens (primary N) is 1. The Bertz CT molecular complexity index is 611. The summed E-state index contributed by atoms with van der Waals surface area (Å²) in [7, 11) is 1.60. The van der Waals surface area contributed by atoms with Crippen LogP contribution in [0.25, 0.3) is 0 Å². The van der Waals surface area contributed by atoms with Crippen LogP contribution in [0.15, 0.2) is 42.5 Å². The number of carbonyl (C=O) groups excluding carboxylic acids is 1. The molecule has 0 bridgehead atoms. The topological polar surface area (TPSA) is 52.3 Å². The van der Waals surface area contributed by atoms with E-state index in [-0.39, 0.29) is 5.78 Å². The lowest BCUT2D eigenvalue weighted by Crippen LogP contribution is -2.04. The number of nitrogen functional groups attached to an aromatic ring is 1. The van der Waals surface area contributed by atoms with Crippen LogP contribution in [0, 0.1) is 0 Å². The second-order valence-corrected chi connectivity index (χ2v) is 4.59. The third kappa shape index (κ3) is 3.26. The van der Waals surface area contributed by atoms with Crippen LogP contribution in [-0.4, -0.2) is 12.9 Å². The Balaban J connectivity index is 2.18. The number of halogens is 1. The summed E-state index contributed by atoms with van der Waals surface area (Å²) in [6.07, 6.45) is 0.303. The molecule has 19 heavy (non-hydrogen) atoms. The predicted molar refractivity (Wildman–Crippen MR) is 76.9 cm³/mol. The number of ether oxygens (including phenoxy) is 1. The van der Waals surface area contributed by atoms with E-state index in [0.29, 0.717) is 22.7 Å². The average molecular weight is 276 g/mol. The summed E-state index contributed by atoms with van der Waals surface area (Å²) in [5.41, 5.74) is 7.55. The molecular weight excluding hydrogens is 262 g/mol. The van der Waals surface area contributed by atoms with E-state index in [1.165, 1.54) is 0 Å². The van der Waals surface area contributed by atoms with E-state index in [2.05, 4.69) is 0 Å². The number of Topliss-reactive ketones (excluding diaryl/α,β-unsaturated/α-hetero) is 1. The maximum atomic E-state index is 12.1. The van der Waals surface area contributed by atoms with Crippen LogP contribution in [-0.2, 0) is 6.42 Å². The van der Waals surface area contributed by atoms with Crippen molar-refractivity contribution in [2.24, 2.45) is 0 Å². The van der Waals surface area contributed by atoms with Gasteiger partial charge in [0.05, 0.1) is 17.8 Å². The number of anilines is 1. The van der Waals surface area contributed by atoms with Gasteiger partial charge in [0.15, 0.2) is 5.78 Å². The highest BCUT2D eigenvalue weighted by Gasteiger charge is 2.09. The Morgan fingerprint density at radius 2 is 2.05 bits per heavy atom. The van der Waals surface area contributed by atoms with Gasteiger partial charge in [0.2, 0.25) is 0 Å². The van der Waals surface area contributed by atoms with Crippen LogP contribution in [0.1, 0.15) is 15.9 Å². The molecule has 0 fully saturated rings. The summed E-state index contributed by atoms with van der Waals surface area (Å²) in [6.45, 7) is 0. The van der Waals surface area contributed by atoms with Crippen LogP contribution in [0.4, 0.5) is 5.69 Å². The quantitative estimate of drug-likeness (QED) is 0.688. The molecule has 0 radical (unpaired) electrons. The third-order valence-corrected chi connectivity index (χ3v) is 3.15. The van der Waals surface area contributed by atoms with Gasteiger partial charge in [0.1, 0.15) is 5.75 Å². The monoisotopic (exact) mass is 275 g/mol. The smallest absolute Gasteiger partial charge is 0.167 e. The second kappa shape index (κ2) is 5.76. The van der Waals surface area contributed by atoms with Crippen molar-refractivity contribution < 1.29 is 9.53 Å². The first-order chi connectivity index (χ1) is 9.10. The number of ketones is 1. The van der Waals surface area contributed by atoms with Crippen molar-refractivity contribution in [1.82, 2.24) is 0 Å². The normalized spacial score (nSPS) is 10.2. The van der Waals surface area contributed by atoms with Gasteiger partial charge in [-0.05, 0) is 35.9 Å². The molecule has 0 spiro atoms. The molecule has 4 heteroatoms. The number of benzene rings is 2. The molecule has 98 valence electrons. The van der Waals surface area contributed by atoms with Gasteiger partial charge in [-0.2, -0.15) is 0 Å². The van der Waals surface area contributed by atoms with E-state index in [1.807, 2.05) is 24.3 Å². The highest BCUT2D eigenvalue weighted by molar-refractivity contribution is 6.33. The minimum Gasteiger partial charge on any atom is -0.497 e. The first-order valence-corrected chi connectivity index (χ1v) is 6.19. The van der Waals surface area contributed by atoms with Gasteiger partial charge in [-0.25, -0.2) is 0 Å². The lowest BCUT2D eigenvalue weighted by Gasteiger charge is -2.05. The predicted octanol–water partition coefficient (Wildman–Crippen LogP) is 3.36. The largest absolute Gasteiger partial charge is 0.497 e. The average Bonchev–Trinajstić information content (AvgIpc) is 2.42. The number of hydrogen-bond acceptors (Lipinski definition) is 3. The molecule has 0 saturated carbocycles. The van der Waals surface area contributed by atoms with Crippen molar-refractivity contribution in [3.8, 4) is 5.75 Å². The molecule has 0 aliphatic carbocycles. The second-order valence-electron chi connectivity index (χ2n) is 4.19. The fourth-order valence-electron chi connectivity index (χ4n) is 1.77. The van der Waals surface area contributed by atoms with Gasteiger partial charge < -0.3 is 10.5 Å². The van der Waals surface area contributed by atoms with Gasteiger partial charge in [-0.3, -0.25) is 4.79 Å². The fraction of sp³-hybridized carbons (Fsp3) is 0.133. The van der Waals surface area contributed by atoms with E-state index in [9.17, 15) is 4.79 Å². The Hall–Kier alpha value is -2.00. The Morgan fingerprint density at radius 3 is 2.74 bits per heavy atom. The van der Waals surface area contributed by atoms with E-state index in [1.54, 1.807) is 25.3 Å². The number of carbonyl (C=O) groups is 1. The zero-order chi connectivity index (χ0) is 13.8. The van der Waals surface area contributed by atoms with Crippen molar-refractivity contribution in [2.45, 2.75) is 6.42 Å². The van der Waals surface area contributed by atoms with Crippen LogP contribution < -0.4 is 10.5 Å². The minimum absolute atomic E-state index is 0.00449. The first-order valence-electron chi connectivity index (χ1n) is 5.81. The summed E-state index contributed by atoms with van der Waals surface area (Å²) in [5, 5.41) is 0.400. The van der Waals surface area contributed by atoms with Crippen LogP contribution in [0.3, 0.4) is 0 Å². The minimum atomic E-state index is -0.00449. The van der Waals surface area contributed by atoms with Crippen molar-refractivity contribution in [2.75, 3.05) is 12.8 Å². The van der Waals surface area contributed by atoms with Gasteiger partial charge in [0.25, 0.3) is 0 Å². The highest BCUT2D eigenvalue weighted by Crippen LogP contribution is 2.21. The Kier molecular flexibility index (Phi) is 4.07. The van der Waals surface area contributed by atoms with Crippen molar-refractivity contribution in [3.05, 3.63) is 58.6 Å². The molecule has 0 atom stereocenters. The van der Waals surface area contributed by atoms with E-state index < -0.39 is 0 Å². The van der Waals surface area contributed by atoms with Crippen molar-refractivity contribution in [3.63, 3.8) is 0 Å². The molecule has 0 heterocycles. The third-order valence-electron chi connectivity index (χ3n) is 2.82. The lowest BCUT2D eigenvalue weighted by atomic mass is 10.0. The van der Waals surface area contributed by atoms with E-state index >= 15 is 0 Å². The maximum Gasteiger partial charge on any atom is 0.167 e. The Labute approximate surface area is 117 Å². The molecule has 2 N–H and O–H groups in total. The molecular formula is C15H14ClNO2. The Morgan fingerprint density at radius 1 is 1.26 bits per heavy atom. The zero-order valence-electron chi connectivity index (χ0n) is 10.5. The molecule has 0 aliphatic rings. The molecule has 0 aliphatic heterocycles. The van der Waals surface area contributed by atoms with E-state index in [0.717, 1.165) is 11.3 Å². The molecule has 0 unspecified atom stereocenters. The molecule has 2 rings (SSSR count). The summed E-state index contributed by atoms with van der Waals surface area (Å²) >= 11 is 5.91. The lowest BCUT2D eigenvalue weighted by molar-refractivity contribution is 0.0993. The van der Waals surface area contributed by atoms with Crippen LogP contribution >= 0.6 is 11.6 Å². The van der Waals surface area contributed by atoms with Crippen LogP contribution in [0.2, 0.25) is 5.02 Å². The zero-order valence-corrected chi connectivity index (χ0v) is 11.3. The van der Waals surface area contributed by atoms with E-state index in [4.69, 9.17) is 22.1 Å². The fourth-order valence-corrected chi connectivity index (χ4v) is 1.95. The SMILES string of the molecule is COc1cccc(CC(=O)c2ccc(N)c(Cl)c2)c1. The van der Waals surface area contributed by atoms with Crippen molar-refractivity contribution in [1.29, 1.82) is 0 Å². The maximum absolute atomic E-state index is 12.1. The van der Waals surface area contributed by atoms with Crippen LogP contribution in [0.5, 0.6) is 5.75 Å². The van der Waals surface area contributed by atoms with Gasteiger partial charge in [-0.1, -0.05) is 23.7 Å². The first kappa shape index (κ1) is 13.4. The molecule has 3 nitrogen and oxygen atoms in total. The number of rotatable bonds is 4. The molecule has 2 aromatic rings. The number of hydrogen-bond donors (Lipinski definition) is 1. The highest BCUT2D eigenvalue weighted by atomic mass is 35.5. The summed E-state index contributed by atoms with van der Waals surface area (Å²) < 4.78 is 5.13. The summed E-state index contributed by atoms with van der Waals surface area (Å²) in [6, 6.07) is 12.4. The standard InChI is InChI=1S/C15H14ClNO2/c1-19-12-4-2-3-10(7-12)8-15(18)11-5-6-14(17)13(16)9-11/h2-7,9H,8,17H2,1H3. The van der Waals surface area contributed by atoms with Gasteiger partial charge >= 0.3 is 0 Å². The molecule has 0 aromatic heterocycles. The summed E-state index contributed by atoms with van der Waals surface area (Å²) in [5.74, 6) is 0.732. The number of methoxy groups -OCH3 is 1. The van der Waals surface area contributed by atoms with Crippen molar-refractivity contribution >= 4 is 23.1 Å². The summed E-state index contributed by atoms with van der Waals surface area (Å²) in [4.78, 5) is 12.1. The molecule has 0 saturated heterocycles. The van der Waals surface area contributed by atoms with Gasteiger partial charge in [-0.15, -0.1) is 0 Å². The van der Waals surface area contributed by atoms with Gasteiger partial charge in [0, 0.05) is 12.0 Å².